The minimum absolute atomic E-state index is 0. The molecule has 1 aliphatic carbocycles. The molecule has 2 N–H and O–H groups in total. The number of nitrogens with one attached hydrogen (secondary N) is 2. The number of hydrogen-bond donors (Lipinski definition) is 2. The third-order valence-electron chi connectivity index (χ3n) is 6.31. The molecule has 4 unspecified atom stereocenters. The van der Waals surface area contributed by atoms with Crippen molar-refractivity contribution in [2.75, 3.05) is 19.6 Å². The van der Waals surface area contributed by atoms with E-state index in [1.165, 1.54) is 49.9 Å². The number of likely N-dealkylation sites (tertiary alicyclic amines) is 1. The van der Waals surface area contributed by atoms with Crippen LogP contribution in [0.4, 0.5) is 0 Å². The van der Waals surface area contributed by atoms with Gasteiger partial charge in [-0.2, -0.15) is 0 Å². The topological polar surface area (TPSA) is 44.4 Å². The lowest BCUT2D eigenvalue weighted by Gasteiger charge is -2.32. The van der Waals surface area contributed by atoms with Crippen molar-refractivity contribution in [2.24, 2.45) is 11.8 Å². The number of carbonyl (C=O) groups is 1. The molecule has 3 aliphatic rings. The highest BCUT2D eigenvalue weighted by molar-refractivity contribution is 7.09. The van der Waals surface area contributed by atoms with Crippen LogP contribution in [0.3, 0.4) is 0 Å². The molecular formula is C20H33Cl2N3OS. The summed E-state index contributed by atoms with van der Waals surface area (Å²) in [5.74, 6) is 1.58. The van der Waals surface area contributed by atoms with Crippen molar-refractivity contribution in [1.82, 2.24) is 15.5 Å². The Hall–Kier alpha value is -0.330. The van der Waals surface area contributed by atoms with Gasteiger partial charge in [-0.15, -0.1) is 36.2 Å². The lowest BCUT2D eigenvalue weighted by atomic mass is 9.85. The molecule has 3 heterocycles. The lowest BCUT2D eigenvalue weighted by Crippen LogP contribution is -2.46. The Morgan fingerprint density at radius 3 is 2.85 bits per heavy atom. The van der Waals surface area contributed by atoms with Gasteiger partial charge in [-0.1, -0.05) is 18.9 Å². The fourth-order valence-corrected chi connectivity index (χ4v) is 5.72. The van der Waals surface area contributed by atoms with Crippen LogP contribution in [-0.2, 0) is 11.3 Å². The monoisotopic (exact) mass is 433 g/mol. The van der Waals surface area contributed by atoms with Crippen LogP contribution in [-0.4, -0.2) is 42.5 Å². The van der Waals surface area contributed by atoms with Crippen LogP contribution in [0.25, 0.3) is 0 Å². The first kappa shape index (κ1) is 23.0. The van der Waals surface area contributed by atoms with Gasteiger partial charge in [0, 0.05) is 30.6 Å². The zero-order valence-electron chi connectivity index (χ0n) is 15.9. The molecule has 1 saturated carbocycles. The van der Waals surface area contributed by atoms with Crippen LogP contribution in [0.15, 0.2) is 17.5 Å². The van der Waals surface area contributed by atoms with E-state index in [-0.39, 0.29) is 36.8 Å². The van der Waals surface area contributed by atoms with Crippen molar-refractivity contribution < 1.29 is 4.79 Å². The van der Waals surface area contributed by atoms with Gasteiger partial charge < -0.3 is 10.6 Å². The van der Waals surface area contributed by atoms with Crippen LogP contribution >= 0.6 is 36.2 Å². The minimum atomic E-state index is 0. The third kappa shape index (κ3) is 6.07. The van der Waals surface area contributed by atoms with Crippen molar-refractivity contribution in [2.45, 2.75) is 63.6 Å². The van der Waals surface area contributed by atoms with Crippen LogP contribution in [0, 0.1) is 11.8 Å². The number of thiophene rings is 1. The standard InChI is InChI=1S/C20H31N3OS.2ClH/c24-20(19-11-16-6-1-2-8-18(16)22-19)21-12-15-5-3-9-23(13-15)14-17-7-4-10-25-17;;/h4,7,10,15-16,18-19,22H,1-3,5-6,8-9,11-14H2,(H,21,24);2*1H. The predicted molar refractivity (Wildman–Crippen MR) is 117 cm³/mol. The van der Waals surface area contributed by atoms with Gasteiger partial charge in [-0.3, -0.25) is 9.69 Å². The maximum absolute atomic E-state index is 12.6. The molecule has 4 rings (SSSR count). The largest absolute Gasteiger partial charge is 0.354 e. The van der Waals surface area contributed by atoms with Crippen molar-refractivity contribution in [3.8, 4) is 0 Å². The molecule has 0 spiro atoms. The minimum Gasteiger partial charge on any atom is -0.354 e. The van der Waals surface area contributed by atoms with Gasteiger partial charge in [0.25, 0.3) is 0 Å². The van der Waals surface area contributed by atoms with Gasteiger partial charge in [0.2, 0.25) is 5.91 Å². The maximum Gasteiger partial charge on any atom is 0.237 e. The zero-order chi connectivity index (χ0) is 17.1. The van der Waals surface area contributed by atoms with Crippen LogP contribution < -0.4 is 10.6 Å². The van der Waals surface area contributed by atoms with E-state index < -0.39 is 0 Å². The average Bonchev–Trinajstić information content (AvgIpc) is 3.29. The number of hydrogen-bond acceptors (Lipinski definition) is 4. The van der Waals surface area contributed by atoms with Crippen molar-refractivity contribution in [3.63, 3.8) is 0 Å². The second kappa shape index (κ2) is 11.0. The number of fused-ring (bicyclic) bond motifs is 1. The molecule has 4 nitrogen and oxygen atoms in total. The summed E-state index contributed by atoms with van der Waals surface area (Å²) in [7, 11) is 0. The molecule has 0 aromatic carbocycles. The summed E-state index contributed by atoms with van der Waals surface area (Å²) >= 11 is 1.84. The average molecular weight is 434 g/mol. The molecule has 0 radical (unpaired) electrons. The molecule has 1 amide bonds. The summed E-state index contributed by atoms with van der Waals surface area (Å²) in [5.41, 5.74) is 0. The Balaban J connectivity index is 0.00000131. The van der Waals surface area contributed by atoms with Crippen LogP contribution in [0.2, 0.25) is 0 Å². The molecule has 2 saturated heterocycles. The predicted octanol–water partition coefficient (Wildman–Crippen LogP) is 3.84. The van der Waals surface area contributed by atoms with Crippen LogP contribution in [0.1, 0.15) is 49.8 Å². The zero-order valence-corrected chi connectivity index (χ0v) is 18.3. The second-order valence-corrected chi connectivity index (χ2v) is 9.21. The van der Waals surface area contributed by atoms with Crippen molar-refractivity contribution >= 4 is 42.1 Å². The highest BCUT2D eigenvalue weighted by Gasteiger charge is 2.38. The number of carbonyl (C=O) groups excluding carboxylic acids is 1. The SMILES string of the molecule is Cl.Cl.O=C(NCC1CCCN(Cc2cccs2)C1)C1CC2CCCCC2N1. The summed E-state index contributed by atoms with van der Waals surface area (Å²) in [6, 6.07) is 5.01. The molecule has 2 aliphatic heterocycles. The molecule has 7 heteroatoms. The van der Waals surface area contributed by atoms with Gasteiger partial charge >= 0.3 is 0 Å². The van der Waals surface area contributed by atoms with Crippen LogP contribution in [0.5, 0.6) is 0 Å². The Morgan fingerprint density at radius 1 is 1.22 bits per heavy atom. The first-order chi connectivity index (χ1) is 12.3. The number of nitrogens with zero attached hydrogens (tertiary/aromatic N) is 1. The first-order valence-electron chi connectivity index (χ1n) is 10.1. The summed E-state index contributed by atoms with van der Waals surface area (Å²) in [6.45, 7) is 4.21. The fraction of sp³-hybridized carbons (Fsp3) is 0.750. The molecule has 1 aromatic rings. The molecular weight excluding hydrogens is 401 g/mol. The van der Waals surface area contributed by atoms with Gasteiger partial charge in [0.05, 0.1) is 6.04 Å². The van der Waals surface area contributed by atoms with Gasteiger partial charge in [-0.05, 0) is 61.9 Å². The number of halogens is 2. The highest BCUT2D eigenvalue weighted by Crippen LogP contribution is 2.33. The second-order valence-electron chi connectivity index (χ2n) is 8.17. The van der Waals surface area contributed by atoms with Crippen molar-refractivity contribution in [3.05, 3.63) is 22.4 Å². The number of piperidine rings is 1. The van der Waals surface area contributed by atoms with E-state index in [1.54, 1.807) is 0 Å². The summed E-state index contributed by atoms with van der Waals surface area (Å²) in [5, 5.41) is 9.01. The van der Waals surface area contributed by atoms with E-state index in [2.05, 4.69) is 33.0 Å². The van der Waals surface area contributed by atoms with E-state index in [1.807, 2.05) is 11.3 Å². The molecule has 1 aromatic heterocycles. The third-order valence-corrected chi connectivity index (χ3v) is 7.17. The van der Waals surface area contributed by atoms with Crippen molar-refractivity contribution in [1.29, 1.82) is 0 Å². The van der Waals surface area contributed by atoms with E-state index in [0.717, 1.165) is 32.0 Å². The Morgan fingerprint density at radius 2 is 2.07 bits per heavy atom. The highest BCUT2D eigenvalue weighted by atomic mass is 35.5. The van der Waals surface area contributed by atoms with Gasteiger partial charge in [0.1, 0.15) is 0 Å². The summed E-state index contributed by atoms with van der Waals surface area (Å²) < 4.78 is 0. The Kier molecular flexibility index (Phi) is 9.36. The molecule has 4 atom stereocenters. The maximum atomic E-state index is 12.6. The number of rotatable bonds is 5. The molecule has 27 heavy (non-hydrogen) atoms. The normalized spacial score (nSPS) is 30.7. The van der Waals surface area contributed by atoms with E-state index in [0.29, 0.717) is 12.0 Å². The molecule has 3 fully saturated rings. The van der Waals surface area contributed by atoms with E-state index in [9.17, 15) is 4.79 Å². The fourth-order valence-electron chi connectivity index (χ4n) is 4.97. The summed E-state index contributed by atoms with van der Waals surface area (Å²) in [6.07, 6.45) is 8.77. The van der Waals surface area contributed by atoms with E-state index in [4.69, 9.17) is 0 Å². The smallest absolute Gasteiger partial charge is 0.237 e. The molecule has 0 bridgehead atoms. The first-order valence-corrected chi connectivity index (χ1v) is 10.9. The summed E-state index contributed by atoms with van der Waals surface area (Å²) in [4.78, 5) is 16.6. The number of amides is 1. The quantitative estimate of drug-likeness (QED) is 0.740. The molecule has 154 valence electrons. The van der Waals surface area contributed by atoms with Gasteiger partial charge in [-0.25, -0.2) is 0 Å². The Labute approximate surface area is 179 Å². The lowest BCUT2D eigenvalue weighted by molar-refractivity contribution is -0.123. The van der Waals surface area contributed by atoms with E-state index >= 15 is 0 Å². The Bertz CT molecular complexity index is 558. The van der Waals surface area contributed by atoms with Gasteiger partial charge in [0.15, 0.2) is 0 Å².